The predicted molar refractivity (Wildman–Crippen MR) is 59.3 cm³/mol. The van der Waals surface area contributed by atoms with Crippen LogP contribution in [0.2, 0.25) is 0 Å². The molecule has 0 spiro atoms. The van der Waals surface area contributed by atoms with E-state index in [-0.39, 0.29) is 18.2 Å². The van der Waals surface area contributed by atoms with Crippen LogP contribution in [0, 0.1) is 0 Å². The van der Waals surface area contributed by atoms with E-state index in [1.807, 2.05) is 0 Å². The van der Waals surface area contributed by atoms with E-state index < -0.39 is 17.7 Å². The summed E-state index contributed by atoms with van der Waals surface area (Å²) in [6, 6.07) is 3.86. The number of carboxylic acids is 1. The monoisotopic (exact) mass is 257 g/mol. The van der Waals surface area contributed by atoms with Crippen molar-refractivity contribution in [1.82, 2.24) is 4.98 Å². The fourth-order valence-electron chi connectivity index (χ4n) is 1.93. The number of rotatable bonds is 3. The number of aromatic nitrogens is 1. The van der Waals surface area contributed by atoms with Gasteiger partial charge in [0.25, 0.3) is 0 Å². The summed E-state index contributed by atoms with van der Waals surface area (Å²) in [5, 5.41) is 8.64. The van der Waals surface area contributed by atoms with Crippen molar-refractivity contribution in [2.75, 3.05) is 0 Å². The molecule has 2 aromatic rings. The summed E-state index contributed by atoms with van der Waals surface area (Å²) >= 11 is 0. The van der Waals surface area contributed by atoms with Crippen LogP contribution in [0.5, 0.6) is 0 Å². The second kappa shape index (κ2) is 4.36. The number of aryl methyl sites for hydroxylation is 1. The van der Waals surface area contributed by atoms with E-state index in [1.54, 1.807) is 0 Å². The highest BCUT2D eigenvalue weighted by Gasteiger charge is 2.33. The number of H-pyrrole nitrogens is 1. The molecule has 2 rings (SSSR count). The van der Waals surface area contributed by atoms with Crippen LogP contribution in [0.3, 0.4) is 0 Å². The molecule has 0 aliphatic heterocycles. The molecule has 0 radical (unpaired) electrons. The van der Waals surface area contributed by atoms with Gasteiger partial charge in [0.05, 0.1) is 5.56 Å². The largest absolute Gasteiger partial charge is 0.481 e. The maximum atomic E-state index is 12.8. The molecule has 0 amide bonds. The van der Waals surface area contributed by atoms with Crippen molar-refractivity contribution < 1.29 is 23.1 Å². The number of hydrogen-bond acceptors (Lipinski definition) is 1. The van der Waals surface area contributed by atoms with Crippen LogP contribution in [0.25, 0.3) is 10.9 Å². The molecule has 6 heteroatoms. The van der Waals surface area contributed by atoms with Gasteiger partial charge < -0.3 is 10.1 Å². The molecule has 0 atom stereocenters. The quantitative estimate of drug-likeness (QED) is 0.887. The second-order valence-electron chi connectivity index (χ2n) is 3.93. The van der Waals surface area contributed by atoms with E-state index in [0.29, 0.717) is 11.1 Å². The lowest BCUT2D eigenvalue weighted by Crippen LogP contribution is -2.06. The van der Waals surface area contributed by atoms with Crippen LogP contribution in [0.4, 0.5) is 13.2 Å². The Morgan fingerprint density at radius 1 is 1.33 bits per heavy atom. The highest BCUT2D eigenvalue weighted by atomic mass is 19.4. The van der Waals surface area contributed by atoms with Gasteiger partial charge in [0.1, 0.15) is 0 Å². The van der Waals surface area contributed by atoms with Crippen molar-refractivity contribution in [2.45, 2.75) is 19.0 Å². The van der Waals surface area contributed by atoms with Gasteiger partial charge in [0.15, 0.2) is 0 Å². The molecule has 1 heterocycles. The zero-order valence-corrected chi connectivity index (χ0v) is 9.21. The minimum absolute atomic E-state index is 0.0613. The highest BCUT2D eigenvalue weighted by Crippen LogP contribution is 2.36. The van der Waals surface area contributed by atoms with Gasteiger partial charge in [-0.2, -0.15) is 13.2 Å². The molecule has 0 saturated carbocycles. The first-order valence-electron chi connectivity index (χ1n) is 5.27. The molecule has 2 N–H and O–H groups in total. The van der Waals surface area contributed by atoms with Crippen LogP contribution in [0.1, 0.15) is 17.5 Å². The molecule has 0 fully saturated rings. The molecule has 1 aromatic heterocycles. The first kappa shape index (κ1) is 12.5. The Kier molecular flexibility index (Phi) is 3.02. The third-order valence-corrected chi connectivity index (χ3v) is 2.70. The van der Waals surface area contributed by atoms with Gasteiger partial charge in [-0.1, -0.05) is 6.07 Å². The average molecular weight is 257 g/mol. The lowest BCUT2D eigenvalue weighted by atomic mass is 10.0. The highest BCUT2D eigenvalue weighted by molar-refractivity contribution is 5.87. The van der Waals surface area contributed by atoms with Gasteiger partial charge in [-0.25, -0.2) is 0 Å². The number of hydrogen-bond donors (Lipinski definition) is 2. The fourth-order valence-corrected chi connectivity index (χ4v) is 1.93. The van der Waals surface area contributed by atoms with Crippen molar-refractivity contribution in [1.29, 1.82) is 0 Å². The molecular formula is C12H10F3NO2. The maximum absolute atomic E-state index is 12.8. The van der Waals surface area contributed by atoms with Crippen molar-refractivity contribution in [3.8, 4) is 0 Å². The smallest absolute Gasteiger partial charge is 0.417 e. The molecule has 3 nitrogen and oxygen atoms in total. The predicted octanol–water partition coefficient (Wildman–Crippen LogP) is 3.20. The number of carbonyl (C=O) groups is 1. The van der Waals surface area contributed by atoms with E-state index in [1.165, 1.54) is 18.3 Å². The summed E-state index contributed by atoms with van der Waals surface area (Å²) in [5.74, 6) is -1.03. The third-order valence-electron chi connectivity index (χ3n) is 2.70. The molecule has 0 aliphatic rings. The minimum Gasteiger partial charge on any atom is -0.481 e. The summed E-state index contributed by atoms with van der Waals surface area (Å²) in [4.78, 5) is 13.2. The zero-order chi connectivity index (χ0) is 13.3. The summed E-state index contributed by atoms with van der Waals surface area (Å²) in [5.41, 5.74) is 0.00665. The Hall–Kier alpha value is -1.98. The van der Waals surface area contributed by atoms with E-state index in [4.69, 9.17) is 5.11 Å². The second-order valence-corrected chi connectivity index (χ2v) is 3.93. The van der Waals surface area contributed by atoms with E-state index in [9.17, 15) is 18.0 Å². The summed E-state index contributed by atoms with van der Waals surface area (Å²) in [6.07, 6.45) is -3.13. The zero-order valence-electron chi connectivity index (χ0n) is 9.21. The lowest BCUT2D eigenvalue weighted by Gasteiger charge is -2.09. The van der Waals surface area contributed by atoms with Crippen LogP contribution in [-0.2, 0) is 17.4 Å². The van der Waals surface area contributed by atoms with E-state index in [0.717, 1.165) is 6.07 Å². The molecule has 96 valence electrons. The number of alkyl halides is 3. The number of aromatic amines is 1. The normalized spacial score (nSPS) is 11.9. The molecule has 18 heavy (non-hydrogen) atoms. The number of benzene rings is 1. The molecular weight excluding hydrogens is 247 g/mol. The van der Waals surface area contributed by atoms with Gasteiger partial charge >= 0.3 is 12.1 Å². The third kappa shape index (κ3) is 2.32. The SMILES string of the molecule is O=C(O)CCc1c[nH]c2cccc(C(F)(F)F)c12. The van der Waals surface area contributed by atoms with Gasteiger partial charge in [-0.15, -0.1) is 0 Å². The number of halogens is 3. The number of nitrogens with one attached hydrogen (secondary N) is 1. The Morgan fingerprint density at radius 2 is 2.06 bits per heavy atom. The Balaban J connectivity index is 2.52. The van der Waals surface area contributed by atoms with Gasteiger partial charge in [-0.3, -0.25) is 4.79 Å². The molecule has 0 aliphatic carbocycles. The number of carboxylic acid groups (broad SMARTS) is 1. The van der Waals surface area contributed by atoms with Crippen LogP contribution >= 0.6 is 0 Å². The Morgan fingerprint density at radius 3 is 2.67 bits per heavy atom. The van der Waals surface area contributed by atoms with Crippen molar-refractivity contribution in [2.24, 2.45) is 0 Å². The van der Waals surface area contributed by atoms with Gasteiger partial charge in [0, 0.05) is 23.5 Å². The van der Waals surface area contributed by atoms with Crippen molar-refractivity contribution in [3.63, 3.8) is 0 Å². The molecule has 1 aromatic carbocycles. The molecule has 0 saturated heterocycles. The van der Waals surface area contributed by atoms with Crippen molar-refractivity contribution >= 4 is 16.9 Å². The maximum Gasteiger partial charge on any atom is 0.417 e. The van der Waals surface area contributed by atoms with Crippen LogP contribution in [-0.4, -0.2) is 16.1 Å². The molecule has 0 bridgehead atoms. The number of aliphatic carboxylic acids is 1. The molecule has 0 unspecified atom stereocenters. The van der Waals surface area contributed by atoms with Crippen LogP contribution in [0.15, 0.2) is 24.4 Å². The van der Waals surface area contributed by atoms with E-state index >= 15 is 0 Å². The Bertz CT molecular complexity index is 587. The average Bonchev–Trinajstić information content (AvgIpc) is 2.67. The lowest BCUT2D eigenvalue weighted by molar-refractivity contribution is -0.137. The first-order valence-corrected chi connectivity index (χ1v) is 5.27. The Labute approximate surface area is 100 Å². The fraction of sp³-hybridized carbons (Fsp3) is 0.250. The van der Waals surface area contributed by atoms with Gasteiger partial charge in [0.2, 0.25) is 0 Å². The summed E-state index contributed by atoms with van der Waals surface area (Å²) < 4.78 is 38.5. The van der Waals surface area contributed by atoms with Crippen LogP contribution < -0.4 is 0 Å². The number of fused-ring (bicyclic) bond motifs is 1. The summed E-state index contributed by atoms with van der Waals surface area (Å²) in [7, 11) is 0. The van der Waals surface area contributed by atoms with E-state index in [2.05, 4.69) is 4.98 Å². The minimum atomic E-state index is -4.44. The topological polar surface area (TPSA) is 53.1 Å². The first-order chi connectivity index (χ1) is 8.39. The summed E-state index contributed by atoms with van der Waals surface area (Å²) in [6.45, 7) is 0. The van der Waals surface area contributed by atoms with Crippen molar-refractivity contribution in [3.05, 3.63) is 35.5 Å². The van der Waals surface area contributed by atoms with Gasteiger partial charge in [-0.05, 0) is 24.1 Å². The standard InChI is InChI=1S/C12H10F3NO2/c13-12(14,15)8-2-1-3-9-11(8)7(6-16-9)4-5-10(17)18/h1-3,6,16H,4-5H2,(H,17,18).